The van der Waals surface area contributed by atoms with Gasteiger partial charge in [0.25, 0.3) is 0 Å². The summed E-state index contributed by atoms with van der Waals surface area (Å²) in [5.74, 6) is 0.274. The average Bonchev–Trinajstić information content (AvgIpc) is 2.67. The fourth-order valence-electron chi connectivity index (χ4n) is 2.19. The SMILES string of the molecule is Cc1cc(OCC(=O)Oc2ccc(C=C(C#N)C#N)cc2)c(Br)c(C)c1Cl. The lowest BCUT2D eigenvalue weighted by Crippen LogP contribution is -2.18. The first-order chi connectivity index (χ1) is 12.8. The van der Waals surface area contributed by atoms with E-state index in [1.165, 1.54) is 6.08 Å². The second kappa shape index (κ2) is 9.23. The van der Waals surface area contributed by atoms with Crippen molar-refractivity contribution in [1.82, 2.24) is 0 Å². The molecule has 0 spiro atoms. The number of benzene rings is 2. The maximum Gasteiger partial charge on any atom is 0.349 e. The molecule has 0 saturated heterocycles. The van der Waals surface area contributed by atoms with E-state index in [0.29, 0.717) is 26.6 Å². The van der Waals surface area contributed by atoms with Crippen molar-refractivity contribution >= 4 is 39.6 Å². The number of esters is 1. The highest BCUT2D eigenvalue weighted by molar-refractivity contribution is 9.10. The number of halogens is 2. The predicted octanol–water partition coefficient (Wildman–Crippen LogP) is 5.13. The van der Waals surface area contributed by atoms with Gasteiger partial charge in [0.2, 0.25) is 0 Å². The number of ether oxygens (including phenoxy) is 2. The van der Waals surface area contributed by atoms with E-state index in [0.717, 1.165) is 11.1 Å². The number of hydrogen-bond donors (Lipinski definition) is 0. The third kappa shape index (κ3) is 5.34. The molecule has 0 aliphatic carbocycles. The Hall–Kier alpha value is -2.80. The molecule has 0 aliphatic rings. The normalized spacial score (nSPS) is 9.70. The lowest BCUT2D eigenvalue weighted by Gasteiger charge is -2.13. The molecule has 0 fully saturated rings. The van der Waals surface area contributed by atoms with Gasteiger partial charge < -0.3 is 9.47 Å². The number of nitrogens with zero attached hydrogens (tertiary/aromatic N) is 2. The quantitative estimate of drug-likeness (QED) is 0.362. The van der Waals surface area contributed by atoms with Crippen LogP contribution >= 0.6 is 27.5 Å². The Balaban J connectivity index is 2.00. The zero-order valence-electron chi connectivity index (χ0n) is 14.5. The van der Waals surface area contributed by atoms with Crippen molar-refractivity contribution in [3.05, 3.63) is 62.1 Å². The van der Waals surface area contributed by atoms with Gasteiger partial charge in [-0.25, -0.2) is 4.79 Å². The van der Waals surface area contributed by atoms with Crippen molar-refractivity contribution in [2.24, 2.45) is 0 Å². The molecule has 0 unspecified atom stereocenters. The summed E-state index contributed by atoms with van der Waals surface area (Å²) >= 11 is 9.58. The molecule has 0 atom stereocenters. The predicted molar refractivity (Wildman–Crippen MR) is 105 cm³/mol. The van der Waals surface area contributed by atoms with E-state index in [-0.39, 0.29) is 12.2 Å². The second-order valence-corrected chi connectivity index (χ2v) is 6.73. The molecular weight excluding hydrogens is 432 g/mol. The minimum Gasteiger partial charge on any atom is -0.481 e. The molecule has 5 nitrogen and oxygen atoms in total. The van der Waals surface area contributed by atoms with E-state index in [1.54, 1.807) is 42.5 Å². The lowest BCUT2D eigenvalue weighted by molar-refractivity contribution is -0.136. The highest BCUT2D eigenvalue weighted by Crippen LogP contribution is 2.35. The maximum atomic E-state index is 12.0. The van der Waals surface area contributed by atoms with Crippen LogP contribution < -0.4 is 9.47 Å². The van der Waals surface area contributed by atoms with Gasteiger partial charge >= 0.3 is 5.97 Å². The summed E-state index contributed by atoms with van der Waals surface area (Å²) < 4.78 is 11.4. The highest BCUT2D eigenvalue weighted by Gasteiger charge is 2.13. The van der Waals surface area contributed by atoms with Gasteiger partial charge in [0.1, 0.15) is 29.2 Å². The number of nitriles is 2. The minimum atomic E-state index is -0.565. The summed E-state index contributed by atoms with van der Waals surface area (Å²) in [6, 6.07) is 11.7. The smallest absolute Gasteiger partial charge is 0.349 e. The topological polar surface area (TPSA) is 83.1 Å². The van der Waals surface area contributed by atoms with Crippen LogP contribution in [0.25, 0.3) is 6.08 Å². The van der Waals surface area contributed by atoms with Crippen molar-refractivity contribution in [2.75, 3.05) is 6.61 Å². The van der Waals surface area contributed by atoms with Gasteiger partial charge in [0.05, 0.1) is 4.47 Å². The van der Waals surface area contributed by atoms with Crippen molar-refractivity contribution in [2.45, 2.75) is 13.8 Å². The lowest BCUT2D eigenvalue weighted by atomic mass is 10.1. The third-order valence-electron chi connectivity index (χ3n) is 3.58. The Labute approximate surface area is 170 Å². The van der Waals surface area contributed by atoms with Crippen LogP contribution in [0, 0.1) is 36.5 Å². The zero-order valence-corrected chi connectivity index (χ0v) is 16.9. The van der Waals surface area contributed by atoms with Crippen LogP contribution in [0.15, 0.2) is 40.4 Å². The van der Waals surface area contributed by atoms with Crippen LogP contribution in [-0.2, 0) is 4.79 Å². The Bertz CT molecular complexity index is 970. The van der Waals surface area contributed by atoms with E-state index < -0.39 is 5.97 Å². The van der Waals surface area contributed by atoms with Crippen LogP contribution in [0.5, 0.6) is 11.5 Å². The third-order valence-corrected chi connectivity index (χ3v) is 5.14. The second-order valence-electron chi connectivity index (χ2n) is 5.56. The summed E-state index contributed by atoms with van der Waals surface area (Å²) in [6.07, 6.45) is 1.44. The van der Waals surface area contributed by atoms with Gasteiger partial charge in [-0.05, 0) is 70.7 Å². The first kappa shape index (κ1) is 20.5. The molecule has 0 aliphatic heterocycles. The molecule has 0 saturated carbocycles. The van der Waals surface area contributed by atoms with E-state index in [4.69, 9.17) is 31.6 Å². The molecular formula is C20H14BrClN2O3. The van der Waals surface area contributed by atoms with Crippen molar-refractivity contribution in [3.63, 3.8) is 0 Å². The van der Waals surface area contributed by atoms with E-state index >= 15 is 0 Å². The molecule has 0 N–H and O–H groups in total. The van der Waals surface area contributed by atoms with Crippen molar-refractivity contribution in [1.29, 1.82) is 10.5 Å². The molecule has 2 aromatic rings. The molecule has 0 heterocycles. The molecule has 136 valence electrons. The first-order valence-electron chi connectivity index (χ1n) is 7.76. The summed E-state index contributed by atoms with van der Waals surface area (Å²) in [4.78, 5) is 12.0. The molecule has 0 radical (unpaired) electrons. The van der Waals surface area contributed by atoms with Gasteiger partial charge in [0.15, 0.2) is 6.61 Å². The monoisotopic (exact) mass is 444 g/mol. The van der Waals surface area contributed by atoms with E-state index in [9.17, 15) is 4.79 Å². The summed E-state index contributed by atoms with van der Waals surface area (Å²) in [6.45, 7) is 3.44. The minimum absolute atomic E-state index is 0.00715. The fourth-order valence-corrected chi connectivity index (χ4v) is 2.88. The van der Waals surface area contributed by atoms with Crippen molar-refractivity contribution < 1.29 is 14.3 Å². The highest BCUT2D eigenvalue weighted by atomic mass is 79.9. The van der Waals surface area contributed by atoms with Gasteiger partial charge in [-0.2, -0.15) is 10.5 Å². The van der Waals surface area contributed by atoms with Crippen LogP contribution in [0.2, 0.25) is 5.02 Å². The number of carbonyl (C=O) groups is 1. The molecule has 7 heteroatoms. The molecule has 0 amide bonds. The van der Waals surface area contributed by atoms with Crippen LogP contribution in [0.1, 0.15) is 16.7 Å². The van der Waals surface area contributed by atoms with E-state index in [1.807, 2.05) is 13.8 Å². The maximum absolute atomic E-state index is 12.0. The number of aryl methyl sites for hydroxylation is 1. The van der Waals surface area contributed by atoms with Crippen molar-refractivity contribution in [3.8, 4) is 23.6 Å². The molecule has 2 aromatic carbocycles. The average molecular weight is 446 g/mol. The fraction of sp³-hybridized carbons (Fsp3) is 0.150. The Kier molecular flexibility index (Phi) is 7.01. The molecule has 0 aromatic heterocycles. The summed E-state index contributed by atoms with van der Waals surface area (Å²) in [5.41, 5.74) is 2.32. The Morgan fingerprint density at radius 2 is 1.85 bits per heavy atom. The van der Waals surface area contributed by atoms with Gasteiger partial charge in [-0.3, -0.25) is 0 Å². The zero-order chi connectivity index (χ0) is 20.0. The van der Waals surface area contributed by atoms with Gasteiger partial charge in [-0.1, -0.05) is 23.7 Å². The van der Waals surface area contributed by atoms with Crippen LogP contribution in [0.4, 0.5) is 0 Å². The number of hydrogen-bond acceptors (Lipinski definition) is 5. The number of allylic oxidation sites excluding steroid dienone is 1. The van der Waals surface area contributed by atoms with Crippen LogP contribution in [-0.4, -0.2) is 12.6 Å². The first-order valence-corrected chi connectivity index (χ1v) is 8.93. The Morgan fingerprint density at radius 1 is 1.22 bits per heavy atom. The summed E-state index contributed by atoms with van der Waals surface area (Å²) in [5, 5.41) is 18.1. The number of carbonyl (C=O) groups excluding carboxylic acids is 1. The largest absolute Gasteiger partial charge is 0.481 e. The summed E-state index contributed by atoms with van der Waals surface area (Å²) in [7, 11) is 0. The standard InChI is InChI=1S/C20H14BrClN2O3/c1-12-7-17(19(21)13(2)20(12)22)26-11-18(25)27-16-5-3-14(4-6-16)8-15(9-23)10-24/h3-8H,11H2,1-2H3. The van der Waals surface area contributed by atoms with Crippen LogP contribution in [0.3, 0.4) is 0 Å². The van der Waals surface area contributed by atoms with E-state index in [2.05, 4.69) is 15.9 Å². The molecule has 0 bridgehead atoms. The Morgan fingerprint density at radius 3 is 2.44 bits per heavy atom. The van der Waals surface area contributed by atoms with Gasteiger partial charge in [0, 0.05) is 5.02 Å². The van der Waals surface area contributed by atoms with Gasteiger partial charge in [-0.15, -0.1) is 0 Å². The molecule has 27 heavy (non-hydrogen) atoms. The molecule has 2 rings (SSSR count). The number of rotatable bonds is 5.